The van der Waals surface area contributed by atoms with Crippen LogP contribution in [0.15, 0.2) is 71.6 Å². The van der Waals surface area contributed by atoms with Gasteiger partial charge in [-0.25, -0.2) is 13.2 Å². The Morgan fingerprint density at radius 3 is 2.43 bits per heavy atom. The molecule has 10 nitrogen and oxygen atoms in total. The van der Waals surface area contributed by atoms with Gasteiger partial charge in [0.15, 0.2) is 5.75 Å². The summed E-state index contributed by atoms with van der Waals surface area (Å²) in [4.78, 5) is 28.5. The normalized spacial score (nSPS) is 18.0. The zero-order chi connectivity index (χ0) is 30.6. The van der Waals surface area contributed by atoms with E-state index in [1.165, 1.54) is 30.3 Å². The molecular formula is C30H34ClN3O7S. The van der Waals surface area contributed by atoms with E-state index in [9.17, 15) is 28.2 Å². The smallest absolute Gasteiger partial charge is 0.335 e. The maximum Gasteiger partial charge on any atom is 0.335 e. The standard InChI is InChI=1S/C30H34ClN3O7S/c1-19-15-34(20(2)18-35)29(36)25-5-4-6-26(32-42(39,40)24-13-11-23(31)12-14-24)28(25)41-27(19)17-33(3)16-21-7-9-22(10-8-21)30(37)38/h4-14,19-20,27,32,35H,15-18H2,1-3H3,(H,37,38)/t19-,20+,27+/m0/s1. The third kappa shape index (κ3) is 7.22. The van der Waals surface area contributed by atoms with Crippen molar-refractivity contribution in [3.8, 4) is 5.75 Å². The molecule has 0 saturated carbocycles. The Bertz CT molecular complexity index is 1530. The molecule has 1 heterocycles. The molecule has 3 aromatic carbocycles. The van der Waals surface area contributed by atoms with Gasteiger partial charge in [0.2, 0.25) is 0 Å². The van der Waals surface area contributed by atoms with E-state index in [1.807, 2.05) is 18.9 Å². The summed E-state index contributed by atoms with van der Waals surface area (Å²) in [5.41, 5.74) is 1.39. The maximum absolute atomic E-state index is 13.7. The first-order valence-corrected chi connectivity index (χ1v) is 15.3. The molecule has 3 N–H and O–H groups in total. The van der Waals surface area contributed by atoms with Crippen molar-refractivity contribution in [2.45, 2.75) is 37.4 Å². The first-order chi connectivity index (χ1) is 19.9. The van der Waals surface area contributed by atoms with Crippen LogP contribution in [0.5, 0.6) is 5.75 Å². The third-order valence-corrected chi connectivity index (χ3v) is 8.84. The number of hydrogen-bond acceptors (Lipinski definition) is 7. The van der Waals surface area contributed by atoms with Crippen LogP contribution in [0.4, 0.5) is 5.69 Å². The molecule has 1 aliphatic rings. The van der Waals surface area contributed by atoms with Gasteiger partial charge in [-0.15, -0.1) is 0 Å². The fraction of sp³-hybridized carbons (Fsp3) is 0.333. The lowest BCUT2D eigenvalue weighted by atomic mass is 9.99. The van der Waals surface area contributed by atoms with Gasteiger partial charge in [-0.2, -0.15) is 0 Å². The highest BCUT2D eigenvalue weighted by Crippen LogP contribution is 2.36. The number of carboxylic acids is 1. The van der Waals surface area contributed by atoms with Gasteiger partial charge in [0.1, 0.15) is 6.10 Å². The SMILES string of the molecule is C[C@H](CO)N1C[C@H](C)[C@@H](CN(C)Cc2ccc(C(=O)O)cc2)Oc2c(NS(=O)(=O)c3ccc(Cl)cc3)cccc2C1=O. The second-order valence-electron chi connectivity index (χ2n) is 10.6. The fourth-order valence-corrected chi connectivity index (χ4v) is 5.98. The third-order valence-electron chi connectivity index (χ3n) is 7.20. The molecule has 0 fully saturated rings. The molecule has 3 atom stereocenters. The average molecular weight is 616 g/mol. The molecule has 0 spiro atoms. The molecule has 0 unspecified atom stereocenters. The lowest BCUT2D eigenvalue weighted by Crippen LogP contribution is -2.49. The number of amides is 1. The van der Waals surface area contributed by atoms with E-state index in [2.05, 4.69) is 4.72 Å². The van der Waals surface area contributed by atoms with Gasteiger partial charge in [-0.3, -0.25) is 14.4 Å². The summed E-state index contributed by atoms with van der Waals surface area (Å²) in [5, 5.41) is 19.5. The van der Waals surface area contributed by atoms with Crippen LogP contribution >= 0.6 is 11.6 Å². The van der Waals surface area contributed by atoms with E-state index in [1.54, 1.807) is 48.2 Å². The number of ether oxygens (including phenoxy) is 1. The number of carbonyl (C=O) groups is 2. The number of para-hydroxylation sites is 1. The van der Waals surface area contributed by atoms with Crippen molar-refractivity contribution in [3.63, 3.8) is 0 Å². The molecule has 224 valence electrons. The number of aliphatic hydroxyl groups excluding tert-OH is 1. The zero-order valence-corrected chi connectivity index (χ0v) is 25.1. The van der Waals surface area contributed by atoms with E-state index in [0.29, 0.717) is 24.7 Å². The van der Waals surface area contributed by atoms with Crippen LogP contribution in [0.2, 0.25) is 5.02 Å². The first kappa shape index (κ1) is 31.3. The number of aliphatic hydroxyl groups is 1. The number of carboxylic acid groups (broad SMARTS) is 1. The van der Waals surface area contributed by atoms with E-state index in [-0.39, 0.29) is 45.9 Å². The van der Waals surface area contributed by atoms with Crippen LogP contribution in [0.3, 0.4) is 0 Å². The maximum atomic E-state index is 13.7. The van der Waals surface area contributed by atoms with Crippen molar-refractivity contribution in [1.82, 2.24) is 9.80 Å². The zero-order valence-electron chi connectivity index (χ0n) is 23.5. The molecule has 0 radical (unpaired) electrons. The molecule has 12 heteroatoms. The summed E-state index contributed by atoms with van der Waals surface area (Å²) in [6, 6.07) is 16.5. The quantitative estimate of drug-likeness (QED) is 0.309. The lowest BCUT2D eigenvalue weighted by Gasteiger charge is -2.38. The van der Waals surface area contributed by atoms with Gasteiger partial charge in [0.25, 0.3) is 15.9 Å². The van der Waals surface area contributed by atoms with Crippen molar-refractivity contribution in [2.24, 2.45) is 5.92 Å². The molecule has 0 aromatic heterocycles. The predicted molar refractivity (Wildman–Crippen MR) is 160 cm³/mol. The second kappa shape index (κ2) is 13.1. The largest absolute Gasteiger partial charge is 0.486 e. The summed E-state index contributed by atoms with van der Waals surface area (Å²) in [6.07, 6.45) is -0.477. The number of sulfonamides is 1. The number of hydrogen-bond donors (Lipinski definition) is 3. The van der Waals surface area contributed by atoms with E-state index in [0.717, 1.165) is 5.56 Å². The van der Waals surface area contributed by atoms with Crippen LogP contribution in [0, 0.1) is 5.92 Å². The molecule has 3 aromatic rings. The first-order valence-electron chi connectivity index (χ1n) is 13.4. The summed E-state index contributed by atoms with van der Waals surface area (Å²) >= 11 is 5.94. The molecule has 1 amide bonds. The Morgan fingerprint density at radius 2 is 1.81 bits per heavy atom. The van der Waals surface area contributed by atoms with Gasteiger partial charge < -0.3 is 19.8 Å². The highest BCUT2D eigenvalue weighted by Gasteiger charge is 2.35. The summed E-state index contributed by atoms with van der Waals surface area (Å²) in [6.45, 7) is 4.67. The number of carbonyl (C=O) groups excluding carboxylic acids is 1. The number of halogens is 1. The van der Waals surface area contributed by atoms with Crippen molar-refractivity contribution in [1.29, 1.82) is 0 Å². The molecule has 42 heavy (non-hydrogen) atoms. The number of anilines is 1. The average Bonchev–Trinajstić information content (AvgIpc) is 2.95. The molecule has 1 aliphatic heterocycles. The van der Waals surface area contributed by atoms with Crippen LogP contribution in [-0.4, -0.2) is 79.2 Å². The number of nitrogens with one attached hydrogen (secondary N) is 1. The minimum atomic E-state index is -4.05. The Balaban J connectivity index is 1.67. The topological polar surface area (TPSA) is 136 Å². The van der Waals surface area contributed by atoms with E-state index >= 15 is 0 Å². The van der Waals surface area contributed by atoms with Crippen LogP contribution in [0.25, 0.3) is 0 Å². The monoisotopic (exact) mass is 615 g/mol. The number of rotatable bonds is 10. The summed E-state index contributed by atoms with van der Waals surface area (Å²) < 4.78 is 35.6. The summed E-state index contributed by atoms with van der Waals surface area (Å²) in [7, 11) is -2.15. The lowest BCUT2D eigenvalue weighted by molar-refractivity contribution is 0.0343. The van der Waals surface area contributed by atoms with Crippen molar-refractivity contribution >= 4 is 39.2 Å². The number of nitrogens with zero attached hydrogens (tertiary/aromatic N) is 2. The second-order valence-corrected chi connectivity index (χ2v) is 12.7. The van der Waals surface area contributed by atoms with Crippen LogP contribution < -0.4 is 9.46 Å². The van der Waals surface area contributed by atoms with E-state index < -0.39 is 28.1 Å². The minimum Gasteiger partial charge on any atom is -0.486 e. The molecule has 4 rings (SSSR count). The van der Waals surface area contributed by atoms with Gasteiger partial charge >= 0.3 is 5.97 Å². The Labute approximate surface area is 250 Å². The Hall–Kier alpha value is -3.64. The summed E-state index contributed by atoms with van der Waals surface area (Å²) in [5.74, 6) is -1.47. The van der Waals surface area contributed by atoms with Crippen molar-refractivity contribution < 1.29 is 33.0 Å². The highest BCUT2D eigenvalue weighted by molar-refractivity contribution is 7.92. The molecular weight excluding hydrogens is 582 g/mol. The van der Waals surface area contributed by atoms with Crippen molar-refractivity contribution in [2.75, 3.05) is 31.5 Å². The van der Waals surface area contributed by atoms with Gasteiger partial charge in [-0.1, -0.05) is 36.7 Å². The predicted octanol–water partition coefficient (Wildman–Crippen LogP) is 4.19. The minimum absolute atomic E-state index is 0.00392. The number of fused-ring (bicyclic) bond motifs is 1. The number of likely N-dealkylation sites (N-methyl/N-ethyl adjacent to an activating group) is 1. The van der Waals surface area contributed by atoms with Gasteiger partial charge in [0.05, 0.1) is 34.4 Å². The van der Waals surface area contributed by atoms with Gasteiger partial charge in [-0.05, 0) is 68.1 Å². The van der Waals surface area contributed by atoms with Gasteiger partial charge in [0, 0.05) is 30.6 Å². The highest BCUT2D eigenvalue weighted by atomic mass is 35.5. The van der Waals surface area contributed by atoms with Crippen molar-refractivity contribution in [3.05, 3.63) is 88.4 Å². The van der Waals surface area contributed by atoms with Crippen LogP contribution in [-0.2, 0) is 16.6 Å². The number of benzene rings is 3. The Morgan fingerprint density at radius 1 is 1.14 bits per heavy atom. The molecule has 0 aliphatic carbocycles. The van der Waals surface area contributed by atoms with Crippen LogP contribution in [0.1, 0.15) is 40.1 Å². The number of aromatic carboxylic acids is 1. The molecule has 0 bridgehead atoms. The fourth-order valence-electron chi connectivity index (χ4n) is 4.80. The molecule has 0 saturated heterocycles. The Kier molecular flexibility index (Phi) is 9.78. The van der Waals surface area contributed by atoms with E-state index in [4.69, 9.17) is 16.3 Å².